The van der Waals surface area contributed by atoms with E-state index in [1.807, 2.05) is 13.0 Å². The summed E-state index contributed by atoms with van der Waals surface area (Å²) in [4.78, 5) is 8.31. The number of rotatable bonds is 6. The van der Waals surface area contributed by atoms with Crippen LogP contribution >= 0.6 is 24.0 Å². The van der Waals surface area contributed by atoms with E-state index in [1.54, 1.807) is 36.1 Å². The van der Waals surface area contributed by atoms with Crippen LogP contribution in [0.15, 0.2) is 35.6 Å². The first-order chi connectivity index (χ1) is 11.5. The predicted octanol–water partition coefficient (Wildman–Crippen LogP) is 3.65. The highest BCUT2D eigenvalue weighted by molar-refractivity contribution is 14.0. The Labute approximate surface area is 166 Å². The zero-order valence-corrected chi connectivity index (χ0v) is 17.5. The predicted molar refractivity (Wildman–Crippen MR) is 111 cm³/mol. The lowest BCUT2D eigenvalue weighted by molar-refractivity contribution is 0.573. The minimum Gasteiger partial charge on any atom is -0.356 e. The standard InChI is InChI=1S/C18H26FN5.HI/c1-13(2)7-8-22-18(20-4)23-12-15-5-6-17(16(19)11-15)24-10-9-21-14(24)3;/h5-6,9-11,13H,7-8,12H2,1-4H3,(H2,20,22,23);1H. The summed E-state index contributed by atoms with van der Waals surface area (Å²) in [6.07, 6.45) is 4.50. The van der Waals surface area contributed by atoms with Crippen molar-refractivity contribution in [3.8, 4) is 5.69 Å². The fraction of sp³-hybridized carbons (Fsp3) is 0.444. The number of guanidine groups is 1. The Hall–Kier alpha value is -1.64. The van der Waals surface area contributed by atoms with Gasteiger partial charge in [-0.05, 0) is 37.0 Å². The Bertz CT molecular complexity index is 697. The zero-order valence-electron chi connectivity index (χ0n) is 15.2. The summed E-state index contributed by atoms with van der Waals surface area (Å²) in [6.45, 7) is 7.60. The average molecular weight is 459 g/mol. The maximum absolute atomic E-state index is 14.4. The van der Waals surface area contributed by atoms with Gasteiger partial charge in [0.2, 0.25) is 0 Å². The van der Waals surface area contributed by atoms with Crippen LogP contribution in [0.2, 0.25) is 0 Å². The van der Waals surface area contributed by atoms with E-state index in [0.29, 0.717) is 18.2 Å². The summed E-state index contributed by atoms with van der Waals surface area (Å²) >= 11 is 0. The second-order valence-electron chi connectivity index (χ2n) is 6.17. The molecule has 1 heterocycles. The minimum absolute atomic E-state index is 0. The second kappa shape index (κ2) is 10.4. The smallest absolute Gasteiger partial charge is 0.191 e. The largest absolute Gasteiger partial charge is 0.356 e. The topological polar surface area (TPSA) is 54.2 Å². The van der Waals surface area contributed by atoms with Crippen LogP contribution in [0.1, 0.15) is 31.7 Å². The van der Waals surface area contributed by atoms with Crippen LogP contribution in [0, 0.1) is 18.7 Å². The molecule has 5 nitrogen and oxygen atoms in total. The highest BCUT2D eigenvalue weighted by atomic mass is 127. The monoisotopic (exact) mass is 459 g/mol. The van der Waals surface area contributed by atoms with Crippen LogP contribution in [-0.2, 0) is 6.54 Å². The molecule has 2 N–H and O–H groups in total. The first-order valence-corrected chi connectivity index (χ1v) is 8.24. The van der Waals surface area contributed by atoms with Crippen LogP contribution in [0.25, 0.3) is 5.69 Å². The van der Waals surface area contributed by atoms with E-state index in [4.69, 9.17) is 0 Å². The summed E-state index contributed by atoms with van der Waals surface area (Å²) in [5.74, 6) is 1.86. The van der Waals surface area contributed by atoms with Crippen molar-refractivity contribution in [2.45, 2.75) is 33.7 Å². The Balaban J connectivity index is 0.00000312. The van der Waals surface area contributed by atoms with E-state index < -0.39 is 0 Å². The molecule has 138 valence electrons. The molecule has 0 atom stereocenters. The molecular weight excluding hydrogens is 432 g/mol. The van der Waals surface area contributed by atoms with Crippen molar-refractivity contribution >= 4 is 29.9 Å². The van der Waals surface area contributed by atoms with Gasteiger partial charge in [-0.15, -0.1) is 24.0 Å². The molecule has 0 amide bonds. The van der Waals surface area contributed by atoms with E-state index in [-0.39, 0.29) is 29.8 Å². The average Bonchev–Trinajstić information content (AvgIpc) is 2.96. The van der Waals surface area contributed by atoms with Gasteiger partial charge in [-0.1, -0.05) is 19.9 Å². The number of nitrogens with one attached hydrogen (secondary N) is 2. The molecule has 0 radical (unpaired) electrons. The van der Waals surface area contributed by atoms with Gasteiger partial charge in [0.15, 0.2) is 5.96 Å². The molecule has 25 heavy (non-hydrogen) atoms. The molecule has 7 heteroatoms. The van der Waals surface area contributed by atoms with Crippen molar-refractivity contribution in [2.24, 2.45) is 10.9 Å². The zero-order chi connectivity index (χ0) is 17.5. The van der Waals surface area contributed by atoms with Gasteiger partial charge in [-0.25, -0.2) is 9.37 Å². The van der Waals surface area contributed by atoms with Crippen molar-refractivity contribution in [3.63, 3.8) is 0 Å². The quantitative estimate of drug-likeness (QED) is 0.394. The van der Waals surface area contributed by atoms with Crippen LogP contribution < -0.4 is 10.6 Å². The first-order valence-electron chi connectivity index (χ1n) is 8.24. The van der Waals surface area contributed by atoms with Gasteiger partial charge in [0, 0.05) is 32.5 Å². The maximum Gasteiger partial charge on any atom is 0.191 e. The third kappa shape index (κ3) is 6.30. The van der Waals surface area contributed by atoms with Crippen molar-refractivity contribution < 1.29 is 4.39 Å². The summed E-state index contributed by atoms with van der Waals surface area (Å²) in [7, 11) is 1.73. The molecule has 0 saturated heterocycles. The molecule has 0 aliphatic heterocycles. The van der Waals surface area contributed by atoms with Gasteiger partial charge in [0.1, 0.15) is 11.6 Å². The highest BCUT2D eigenvalue weighted by Crippen LogP contribution is 2.16. The van der Waals surface area contributed by atoms with Gasteiger partial charge < -0.3 is 15.2 Å². The Kier molecular flexibility index (Phi) is 8.88. The molecule has 1 aromatic carbocycles. The summed E-state index contributed by atoms with van der Waals surface area (Å²) in [6, 6.07) is 5.23. The fourth-order valence-corrected chi connectivity index (χ4v) is 2.37. The molecule has 0 aliphatic rings. The summed E-state index contributed by atoms with van der Waals surface area (Å²) in [5.41, 5.74) is 1.37. The second-order valence-corrected chi connectivity index (χ2v) is 6.17. The number of benzene rings is 1. The summed E-state index contributed by atoms with van der Waals surface area (Å²) < 4.78 is 16.1. The van der Waals surface area contributed by atoms with E-state index >= 15 is 0 Å². The van der Waals surface area contributed by atoms with Crippen molar-refractivity contribution in [2.75, 3.05) is 13.6 Å². The third-order valence-electron chi connectivity index (χ3n) is 3.80. The molecule has 0 saturated carbocycles. The van der Waals surface area contributed by atoms with Gasteiger partial charge in [-0.2, -0.15) is 0 Å². The molecule has 0 aliphatic carbocycles. The number of aryl methyl sites for hydroxylation is 1. The molecule has 0 bridgehead atoms. The number of imidazole rings is 1. The van der Waals surface area contributed by atoms with Crippen molar-refractivity contribution in [1.82, 2.24) is 20.2 Å². The molecule has 0 unspecified atom stereocenters. The Morgan fingerprint density at radius 1 is 1.32 bits per heavy atom. The number of nitrogens with zero attached hydrogens (tertiary/aromatic N) is 3. The number of hydrogen-bond donors (Lipinski definition) is 2. The van der Waals surface area contributed by atoms with Gasteiger partial charge in [-0.3, -0.25) is 4.99 Å². The lowest BCUT2D eigenvalue weighted by Crippen LogP contribution is -2.37. The van der Waals surface area contributed by atoms with Crippen LogP contribution in [-0.4, -0.2) is 29.1 Å². The normalized spacial score (nSPS) is 11.4. The maximum atomic E-state index is 14.4. The number of aromatic nitrogens is 2. The number of hydrogen-bond acceptors (Lipinski definition) is 2. The molecule has 2 rings (SSSR count). The molecule has 1 aromatic heterocycles. The van der Waals surface area contributed by atoms with Crippen LogP contribution in [0.5, 0.6) is 0 Å². The molecule has 2 aromatic rings. The minimum atomic E-state index is -0.266. The lowest BCUT2D eigenvalue weighted by Gasteiger charge is -2.13. The molecular formula is C18H27FIN5. The Morgan fingerprint density at radius 2 is 2.08 bits per heavy atom. The van der Waals surface area contributed by atoms with Crippen LogP contribution in [0.4, 0.5) is 4.39 Å². The first kappa shape index (κ1) is 21.4. The number of aliphatic imine (C=N–C) groups is 1. The van der Waals surface area contributed by atoms with E-state index in [0.717, 1.165) is 30.3 Å². The van der Waals surface area contributed by atoms with Gasteiger partial charge in [0.25, 0.3) is 0 Å². The third-order valence-corrected chi connectivity index (χ3v) is 3.80. The lowest BCUT2D eigenvalue weighted by atomic mass is 10.1. The van der Waals surface area contributed by atoms with Crippen molar-refractivity contribution in [1.29, 1.82) is 0 Å². The van der Waals surface area contributed by atoms with E-state index in [1.165, 1.54) is 0 Å². The van der Waals surface area contributed by atoms with Gasteiger partial charge in [0.05, 0.1) is 5.69 Å². The Morgan fingerprint density at radius 3 is 2.64 bits per heavy atom. The van der Waals surface area contributed by atoms with Gasteiger partial charge >= 0.3 is 0 Å². The van der Waals surface area contributed by atoms with Crippen molar-refractivity contribution in [3.05, 3.63) is 47.8 Å². The van der Waals surface area contributed by atoms with E-state index in [2.05, 4.69) is 34.5 Å². The SMILES string of the molecule is CN=C(NCCC(C)C)NCc1ccc(-n2ccnc2C)c(F)c1.I. The fourth-order valence-electron chi connectivity index (χ4n) is 2.37. The highest BCUT2D eigenvalue weighted by Gasteiger charge is 2.08. The van der Waals surface area contributed by atoms with E-state index in [9.17, 15) is 4.39 Å². The summed E-state index contributed by atoms with van der Waals surface area (Å²) in [5, 5.41) is 6.46. The van der Waals surface area contributed by atoms with Crippen LogP contribution in [0.3, 0.4) is 0 Å². The molecule has 0 fully saturated rings. The number of halogens is 2. The molecule has 0 spiro atoms.